The summed E-state index contributed by atoms with van der Waals surface area (Å²) in [5.41, 5.74) is -0.0150. The van der Waals surface area contributed by atoms with Crippen molar-refractivity contribution in [3.8, 4) is 0 Å². The summed E-state index contributed by atoms with van der Waals surface area (Å²) in [4.78, 5) is 28.5. The van der Waals surface area contributed by atoms with Crippen molar-refractivity contribution in [2.75, 3.05) is 5.32 Å². The molecule has 2 heterocycles. The van der Waals surface area contributed by atoms with Crippen LogP contribution in [0.15, 0.2) is 11.6 Å². The third-order valence-electron chi connectivity index (χ3n) is 2.12. The fourth-order valence-electron chi connectivity index (χ4n) is 1.25. The number of nitrogens with one attached hydrogen (secondary N) is 1. The summed E-state index contributed by atoms with van der Waals surface area (Å²) in [7, 11) is 0. The van der Waals surface area contributed by atoms with E-state index in [1.165, 1.54) is 22.9 Å². The molecule has 2 aromatic heterocycles. The molecule has 0 spiro atoms. The summed E-state index contributed by atoms with van der Waals surface area (Å²) in [6, 6.07) is -0.274. The smallest absolute Gasteiger partial charge is 0.355 e. The van der Waals surface area contributed by atoms with Gasteiger partial charge in [-0.05, 0) is 18.3 Å². The Bertz CT molecular complexity index is 623. The number of anilines is 1. The molecule has 2 N–H and O–H groups in total. The van der Waals surface area contributed by atoms with Crippen LogP contribution >= 0.6 is 22.7 Å². The molecule has 2 rings (SSSR count). The molecule has 19 heavy (non-hydrogen) atoms. The molecular weight excluding hydrogens is 292 g/mol. The number of hydrogen-bond acceptors (Lipinski definition) is 8. The average molecular weight is 300 g/mol. The summed E-state index contributed by atoms with van der Waals surface area (Å²) in [6.07, 6.45) is 1.17. The molecule has 0 radical (unpaired) electrons. The van der Waals surface area contributed by atoms with Crippen LogP contribution in [0.1, 0.15) is 28.5 Å². The van der Waals surface area contributed by atoms with Crippen LogP contribution in [0.3, 0.4) is 0 Å². The van der Waals surface area contributed by atoms with Gasteiger partial charge in [-0.25, -0.2) is 14.8 Å². The number of nitrogens with zero attached hydrogens (tertiary/aromatic N) is 3. The van der Waals surface area contributed by atoms with Crippen LogP contribution in [-0.2, 0) is 0 Å². The number of thiazole rings is 2. The van der Waals surface area contributed by atoms with E-state index in [0.29, 0.717) is 10.1 Å². The highest BCUT2D eigenvalue weighted by molar-refractivity contribution is 7.18. The molecule has 8 nitrogen and oxygen atoms in total. The quantitative estimate of drug-likeness (QED) is 0.642. The van der Waals surface area contributed by atoms with Crippen molar-refractivity contribution in [2.24, 2.45) is 0 Å². The molecule has 0 saturated carbocycles. The molecule has 0 aliphatic rings. The molecule has 0 amide bonds. The maximum absolute atomic E-state index is 10.7. The second kappa shape index (κ2) is 5.28. The Kier molecular flexibility index (Phi) is 3.71. The number of carboxylic acid groups (broad SMARTS) is 1. The van der Waals surface area contributed by atoms with E-state index in [-0.39, 0.29) is 16.7 Å². The fraction of sp³-hybridized carbons (Fsp3) is 0.222. The standard InChI is InChI=1S/C9H8N4O4S2/c1-4(7-12-5(3-18-7)8(14)15)11-9-10-2-6(19-9)13(16)17/h2-4H,1H3,(H,10,11)(H,14,15). The van der Waals surface area contributed by atoms with Gasteiger partial charge in [0, 0.05) is 5.38 Å². The Morgan fingerprint density at radius 1 is 1.63 bits per heavy atom. The number of carbonyl (C=O) groups is 1. The Balaban J connectivity index is 2.08. The molecule has 0 aliphatic carbocycles. The molecule has 0 aliphatic heterocycles. The summed E-state index contributed by atoms with van der Waals surface area (Å²) in [5, 5.41) is 24.6. The first kappa shape index (κ1) is 13.4. The van der Waals surface area contributed by atoms with E-state index in [2.05, 4.69) is 15.3 Å². The van der Waals surface area contributed by atoms with Crippen molar-refractivity contribution < 1.29 is 14.8 Å². The Hall–Kier alpha value is -2.07. The van der Waals surface area contributed by atoms with Crippen molar-refractivity contribution in [1.29, 1.82) is 0 Å². The number of hydrogen-bond donors (Lipinski definition) is 2. The van der Waals surface area contributed by atoms with E-state index in [9.17, 15) is 14.9 Å². The normalized spacial score (nSPS) is 12.1. The van der Waals surface area contributed by atoms with Crippen LogP contribution in [0.25, 0.3) is 0 Å². The van der Waals surface area contributed by atoms with Crippen molar-refractivity contribution >= 4 is 38.8 Å². The lowest BCUT2D eigenvalue weighted by Crippen LogP contribution is -2.06. The van der Waals surface area contributed by atoms with E-state index in [1.807, 2.05) is 0 Å². The van der Waals surface area contributed by atoms with Gasteiger partial charge in [0.1, 0.15) is 11.2 Å². The van der Waals surface area contributed by atoms with Gasteiger partial charge in [-0.1, -0.05) is 0 Å². The lowest BCUT2D eigenvalue weighted by atomic mass is 10.3. The minimum absolute atomic E-state index is 0.0150. The Morgan fingerprint density at radius 2 is 2.37 bits per heavy atom. The van der Waals surface area contributed by atoms with E-state index in [1.54, 1.807) is 6.92 Å². The minimum atomic E-state index is -1.08. The highest BCUT2D eigenvalue weighted by Crippen LogP contribution is 2.29. The number of rotatable bonds is 5. The number of carboxylic acids is 1. The zero-order valence-corrected chi connectivity index (χ0v) is 11.2. The van der Waals surface area contributed by atoms with Gasteiger partial charge in [0.25, 0.3) is 0 Å². The van der Waals surface area contributed by atoms with Crippen LogP contribution < -0.4 is 5.32 Å². The monoisotopic (exact) mass is 300 g/mol. The Morgan fingerprint density at radius 3 is 2.89 bits per heavy atom. The topological polar surface area (TPSA) is 118 Å². The third kappa shape index (κ3) is 3.03. The van der Waals surface area contributed by atoms with Crippen LogP contribution in [-0.4, -0.2) is 26.0 Å². The first-order valence-electron chi connectivity index (χ1n) is 5.03. The molecule has 0 aromatic carbocycles. The first-order chi connectivity index (χ1) is 8.97. The summed E-state index contributed by atoms with van der Waals surface area (Å²) in [6.45, 7) is 1.78. The van der Waals surface area contributed by atoms with Gasteiger partial charge in [-0.15, -0.1) is 11.3 Å². The van der Waals surface area contributed by atoms with Gasteiger partial charge >= 0.3 is 11.0 Å². The number of nitro groups is 1. The van der Waals surface area contributed by atoms with Crippen molar-refractivity contribution in [2.45, 2.75) is 13.0 Å². The highest BCUT2D eigenvalue weighted by atomic mass is 32.1. The molecule has 1 unspecified atom stereocenters. The zero-order valence-electron chi connectivity index (χ0n) is 9.56. The number of aromatic carboxylic acids is 1. The van der Waals surface area contributed by atoms with E-state index >= 15 is 0 Å². The molecule has 10 heteroatoms. The van der Waals surface area contributed by atoms with Crippen LogP contribution in [0.4, 0.5) is 10.1 Å². The molecule has 1 atom stereocenters. The lowest BCUT2D eigenvalue weighted by Gasteiger charge is -2.08. The maximum atomic E-state index is 10.7. The van der Waals surface area contributed by atoms with E-state index in [0.717, 1.165) is 11.3 Å². The molecule has 0 fully saturated rings. The van der Waals surface area contributed by atoms with Gasteiger partial charge < -0.3 is 10.4 Å². The van der Waals surface area contributed by atoms with Crippen LogP contribution in [0, 0.1) is 10.1 Å². The predicted octanol–water partition coefficient (Wildman–Crippen LogP) is 2.38. The maximum Gasteiger partial charge on any atom is 0.355 e. The second-order valence-corrected chi connectivity index (χ2v) is 5.40. The van der Waals surface area contributed by atoms with Gasteiger partial charge in [-0.3, -0.25) is 10.1 Å². The van der Waals surface area contributed by atoms with Crippen LogP contribution in [0.2, 0.25) is 0 Å². The average Bonchev–Trinajstić information content (AvgIpc) is 2.96. The molecule has 0 bridgehead atoms. The predicted molar refractivity (Wildman–Crippen MR) is 69.9 cm³/mol. The fourth-order valence-corrected chi connectivity index (χ4v) is 2.77. The Labute approximate surface area is 114 Å². The van der Waals surface area contributed by atoms with Gasteiger partial charge in [0.05, 0.1) is 11.0 Å². The van der Waals surface area contributed by atoms with E-state index in [4.69, 9.17) is 5.11 Å². The first-order valence-corrected chi connectivity index (χ1v) is 6.72. The van der Waals surface area contributed by atoms with Gasteiger partial charge in [0.2, 0.25) is 0 Å². The van der Waals surface area contributed by atoms with Crippen molar-refractivity contribution in [3.63, 3.8) is 0 Å². The molecule has 2 aromatic rings. The minimum Gasteiger partial charge on any atom is -0.476 e. The van der Waals surface area contributed by atoms with Crippen molar-refractivity contribution in [1.82, 2.24) is 9.97 Å². The lowest BCUT2D eigenvalue weighted by molar-refractivity contribution is -0.380. The van der Waals surface area contributed by atoms with Gasteiger partial charge in [0.15, 0.2) is 10.8 Å². The number of aromatic nitrogens is 2. The van der Waals surface area contributed by atoms with Crippen LogP contribution in [0.5, 0.6) is 0 Å². The third-order valence-corrected chi connectivity index (χ3v) is 4.03. The molecule has 0 saturated heterocycles. The van der Waals surface area contributed by atoms with Crippen molar-refractivity contribution in [3.05, 3.63) is 32.4 Å². The summed E-state index contributed by atoms with van der Waals surface area (Å²) < 4.78 is 0. The summed E-state index contributed by atoms with van der Waals surface area (Å²) >= 11 is 2.12. The molecule has 100 valence electrons. The van der Waals surface area contributed by atoms with Gasteiger partial charge in [-0.2, -0.15) is 0 Å². The molecular formula is C9H8N4O4S2. The zero-order chi connectivity index (χ0) is 14.0. The SMILES string of the molecule is CC(Nc1ncc([N+](=O)[O-])s1)c1nc(C(=O)O)cs1. The largest absolute Gasteiger partial charge is 0.476 e. The van der Waals surface area contributed by atoms with E-state index < -0.39 is 10.9 Å². The summed E-state index contributed by atoms with van der Waals surface area (Å²) in [5.74, 6) is -1.08. The highest BCUT2D eigenvalue weighted by Gasteiger charge is 2.17. The second-order valence-electron chi connectivity index (χ2n) is 3.50.